The minimum absolute atomic E-state index is 0.0438. The summed E-state index contributed by atoms with van der Waals surface area (Å²) in [4.78, 5) is 26.7. The van der Waals surface area contributed by atoms with E-state index in [2.05, 4.69) is 19.9 Å². The lowest BCUT2D eigenvalue weighted by atomic mass is 9.83. The Morgan fingerprint density at radius 3 is 2.23 bits per heavy atom. The molecule has 0 spiro atoms. The first-order chi connectivity index (χ1) is 16.9. The van der Waals surface area contributed by atoms with Gasteiger partial charge in [-0.25, -0.2) is 4.79 Å². The van der Waals surface area contributed by atoms with Gasteiger partial charge in [-0.1, -0.05) is 62.4 Å². The van der Waals surface area contributed by atoms with Crippen LogP contribution in [-0.2, 0) is 22.4 Å². The normalized spacial score (nSPS) is 15.7. The number of hydrogen-bond donors (Lipinski definition) is 1. The predicted octanol–water partition coefficient (Wildman–Crippen LogP) is 3.03. The van der Waals surface area contributed by atoms with E-state index in [4.69, 9.17) is 10.5 Å². The van der Waals surface area contributed by atoms with Crippen LogP contribution in [-0.4, -0.2) is 17.1 Å². The van der Waals surface area contributed by atoms with E-state index in [9.17, 15) is 14.9 Å². The van der Waals surface area contributed by atoms with Crippen molar-refractivity contribution in [3.63, 3.8) is 0 Å². The van der Waals surface area contributed by atoms with Gasteiger partial charge in [0.25, 0.3) is 5.56 Å². The van der Waals surface area contributed by atoms with Gasteiger partial charge in [0.15, 0.2) is 0 Å². The van der Waals surface area contributed by atoms with Crippen molar-refractivity contribution in [2.24, 2.45) is 5.73 Å². The first kappa shape index (κ1) is 24.2. The second-order valence-electron chi connectivity index (χ2n) is 8.22. The molecule has 2 heterocycles. The summed E-state index contributed by atoms with van der Waals surface area (Å²) in [6, 6.07) is 17.8. The van der Waals surface area contributed by atoms with Gasteiger partial charge in [0.2, 0.25) is 0 Å². The molecule has 0 fully saturated rings. The number of aromatic nitrogens is 1. The molecular formula is C28H27N3O3S. The molecule has 0 radical (unpaired) electrons. The maximum Gasteiger partial charge on any atom is 0.338 e. The molecule has 0 bridgehead atoms. The number of carbonyl (C=O) groups is 1. The summed E-state index contributed by atoms with van der Waals surface area (Å²) in [5, 5.41) is 10.1. The summed E-state index contributed by atoms with van der Waals surface area (Å²) in [6.45, 7) is 6.04. The van der Waals surface area contributed by atoms with Crippen LogP contribution in [0.25, 0.3) is 17.5 Å². The molecule has 2 aromatic carbocycles. The van der Waals surface area contributed by atoms with Gasteiger partial charge in [0.1, 0.15) is 10.5 Å². The van der Waals surface area contributed by atoms with E-state index in [0.717, 1.165) is 29.5 Å². The summed E-state index contributed by atoms with van der Waals surface area (Å²) in [5.74, 6) is -1.24. The Hall–Kier alpha value is -3.89. The maximum atomic E-state index is 13.4. The SMILES string of the molecule is CCOC(=O)C1=c2sc(=Cc3ccc(CC)cc3)c(=O)n2C(N)=C(C#N)C1c1ccc(CC)cc1. The Kier molecular flexibility index (Phi) is 7.04. The first-order valence-corrected chi connectivity index (χ1v) is 12.5. The second kappa shape index (κ2) is 10.2. The number of ether oxygens (including phenoxy) is 1. The molecule has 0 saturated heterocycles. The highest BCUT2D eigenvalue weighted by Crippen LogP contribution is 2.36. The molecule has 6 nitrogen and oxygen atoms in total. The number of nitrogens with zero attached hydrogens (tertiary/aromatic N) is 2. The summed E-state index contributed by atoms with van der Waals surface area (Å²) >= 11 is 1.18. The van der Waals surface area contributed by atoms with Crippen LogP contribution in [0.2, 0.25) is 0 Å². The third-order valence-corrected chi connectivity index (χ3v) is 7.28. The minimum atomic E-state index is -0.723. The van der Waals surface area contributed by atoms with Crippen molar-refractivity contribution >= 4 is 34.8 Å². The average Bonchev–Trinajstić information content (AvgIpc) is 3.20. The summed E-state index contributed by atoms with van der Waals surface area (Å²) in [7, 11) is 0. The molecule has 3 aromatic rings. The number of fused-ring (bicyclic) bond motifs is 1. The molecule has 0 saturated carbocycles. The zero-order chi connectivity index (χ0) is 25.1. The largest absolute Gasteiger partial charge is 0.463 e. The number of nitrogens with two attached hydrogens (primary N) is 1. The Bertz CT molecular complexity index is 1520. The van der Waals surface area contributed by atoms with Crippen molar-refractivity contribution < 1.29 is 9.53 Å². The molecule has 7 heteroatoms. The minimum Gasteiger partial charge on any atom is -0.463 e. The molecule has 1 aliphatic heterocycles. The lowest BCUT2D eigenvalue weighted by Crippen LogP contribution is -2.40. The molecule has 1 aliphatic rings. The van der Waals surface area contributed by atoms with E-state index in [-0.39, 0.29) is 29.1 Å². The van der Waals surface area contributed by atoms with Gasteiger partial charge in [0, 0.05) is 0 Å². The predicted molar refractivity (Wildman–Crippen MR) is 139 cm³/mol. The van der Waals surface area contributed by atoms with Crippen molar-refractivity contribution in [3.05, 3.63) is 95.9 Å². The van der Waals surface area contributed by atoms with Gasteiger partial charge < -0.3 is 10.5 Å². The smallest absolute Gasteiger partial charge is 0.338 e. The van der Waals surface area contributed by atoms with Crippen LogP contribution in [0.4, 0.5) is 0 Å². The highest BCUT2D eigenvalue weighted by atomic mass is 32.1. The summed E-state index contributed by atoms with van der Waals surface area (Å²) in [5.41, 5.74) is 10.4. The zero-order valence-electron chi connectivity index (χ0n) is 20.0. The third kappa shape index (κ3) is 4.45. The van der Waals surface area contributed by atoms with Gasteiger partial charge >= 0.3 is 5.97 Å². The molecule has 2 N–H and O–H groups in total. The number of allylic oxidation sites excluding steroid dienone is 1. The fourth-order valence-electron chi connectivity index (χ4n) is 4.23. The fourth-order valence-corrected chi connectivity index (χ4v) is 5.40. The molecule has 35 heavy (non-hydrogen) atoms. The first-order valence-electron chi connectivity index (χ1n) is 11.7. The molecule has 178 valence electrons. The van der Waals surface area contributed by atoms with Gasteiger partial charge in [-0.15, -0.1) is 11.3 Å². The van der Waals surface area contributed by atoms with Crippen molar-refractivity contribution in [1.82, 2.24) is 4.57 Å². The molecule has 1 unspecified atom stereocenters. The number of aryl methyl sites for hydroxylation is 2. The van der Waals surface area contributed by atoms with E-state index >= 15 is 0 Å². The number of carbonyl (C=O) groups excluding carboxylic acids is 1. The molecule has 1 aromatic heterocycles. The van der Waals surface area contributed by atoms with Crippen molar-refractivity contribution in [1.29, 1.82) is 5.26 Å². The van der Waals surface area contributed by atoms with Gasteiger partial charge in [0.05, 0.1) is 34.3 Å². The lowest BCUT2D eigenvalue weighted by molar-refractivity contribution is -0.136. The van der Waals surface area contributed by atoms with Crippen LogP contribution >= 0.6 is 11.3 Å². The Balaban J connectivity index is 2.03. The van der Waals surface area contributed by atoms with Crippen LogP contribution in [0.15, 0.2) is 58.9 Å². The maximum absolute atomic E-state index is 13.4. The van der Waals surface area contributed by atoms with Crippen LogP contribution in [0.5, 0.6) is 0 Å². The molecule has 4 rings (SSSR count). The summed E-state index contributed by atoms with van der Waals surface area (Å²) in [6.07, 6.45) is 3.57. The van der Waals surface area contributed by atoms with E-state index in [1.807, 2.05) is 48.5 Å². The Labute approximate surface area is 207 Å². The molecule has 0 aliphatic carbocycles. The van der Waals surface area contributed by atoms with Gasteiger partial charge in [-0.3, -0.25) is 9.36 Å². The topological polar surface area (TPSA) is 98.1 Å². The van der Waals surface area contributed by atoms with Crippen molar-refractivity contribution in [3.8, 4) is 6.07 Å². The van der Waals surface area contributed by atoms with Gasteiger partial charge in [-0.2, -0.15) is 5.26 Å². The van der Waals surface area contributed by atoms with Crippen LogP contribution < -0.4 is 20.5 Å². The van der Waals surface area contributed by atoms with Crippen molar-refractivity contribution in [2.75, 3.05) is 6.61 Å². The zero-order valence-corrected chi connectivity index (χ0v) is 20.8. The molecule has 1 atom stereocenters. The third-order valence-electron chi connectivity index (χ3n) is 6.17. The molecule has 0 amide bonds. The quantitative estimate of drug-likeness (QED) is 0.541. The molecular weight excluding hydrogens is 458 g/mol. The van der Waals surface area contributed by atoms with E-state index < -0.39 is 11.9 Å². The summed E-state index contributed by atoms with van der Waals surface area (Å²) < 4.78 is 7.48. The van der Waals surface area contributed by atoms with Crippen molar-refractivity contribution in [2.45, 2.75) is 39.5 Å². The fraction of sp³-hybridized carbons (Fsp3) is 0.250. The monoisotopic (exact) mass is 485 g/mol. The van der Waals surface area contributed by atoms with E-state index in [1.54, 1.807) is 13.0 Å². The average molecular weight is 486 g/mol. The highest BCUT2D eigenvalue weighted by molar-refractivity contribution is 7.07. The lowest BCUT2D eigenvalue weighted by Gasteiger charge is -2.24. The number of benzene rings is 2. The Morgan fingerprint density at radius 1 is 1.09 bits per heavy atom. The standard InChI is InChI=1S/C28H27N3O3S/c1-4-17-7-9-19(10-8-17)15-22-26(32)31-25(30)21(16-29)23(20-13-11-18(5-2)12-14-20)24(27(31)35-22)28(33)34-6-3/h7-15,23H,4-6,30H2,1-3H3. The number of thiazole rings is 1. The van der Waals surface area contributed by atoms with Crippen LogP contribution in [0, 0.1) is 11.3 Å². The van der Waals surface area contributed by atoms with Crippen LogP contribution in [0.1, 0.15) is 48.9 Å². The Morgan fingerprint density at radius 2 is 1.69 bits per heavy atom. The van der Waals surface area contributed by atoms with E-state index in [0.29, 0.717) is 9.20 Å². The number of hydrogen-bond acceptors (Lipinski definition) is 6. The number of esters is 1. The van der Waals surface area contributed by atoms with Crippen LogP contribution in [0.3, 0.4) is 0 Å². The van der Waals surface area contributed by atoms with E-state index in [1.165, 1.54) is 21.5 Å². The highest BCUT2D eigenvalue weighted by Gasteiger charge is 2.36. The number of nitriles is 1. The van der Waals surface area contributed by atoms with Gasteiger partial charge in [-0.05, 0) is 48.1 Å². The second-order valence-corrected chi connectivity index (χ2v) is 9.26. The number of rotatable bonds is 6.